The zero-order valence-corrected chi connectivity index (χ0v) is 13.7. The van der Waals surface area contributed by atoms with Gasteiger partial charge in [-0.3, -0.25) is 9.59 Å². The minimum atomic E-state index is -0.676. The lowest BCUT2D eigenvalue weighted by Gasteiger charge is -2.44. The largest absolute Gasteiger partial charge is 0.340 e. The summed E-state index contributed by atoms with van der Waals surface area (Å²) in [7, 11) is 0. The van der Waals surface area contributed by atoms with Crippen molar-refractivity contribution in [3.05, 3.63) is 28.2 Å². The number of halogens is 1. The van der Waals surface area contributed by atoms with E-state index in [-0.39, 0.29) is 18.4 Å². The molecule has 1 saturated carbocycles. The lowest BCUT2D eigenvalue weighted by atomic mass is 9.79. The van der Waals surface area contributed by atoms with Crippen molar-refractivity contribution in [1.29, 1.82) is 0 Å². The maximum atomic E-state index is 12.9. The van der Waals surface area contributed by atoms with Crippen molar-refractivity contribution in [2.75, 3.05) is 11.4 Å². The Hall–Kier alpha value is -1.36. The maximum absolute atomic E-state index is 12.9. The van der Waals surface area contributed by atoms with Gasteiger partial charge in [-0.2, -0.15) is 0 Å². The van der Waals surface area contributed by atoms with Crippen LogP contribution in [-0.4, -0.2) is 23.9 Å². The van der Waals surface area contributed by atoms with Crippen LogP contribution in [0.2, 0.25) is 0 Å². The van der Waals surface area contributed by atoms with Gasteiger partial charge in [-0.05, 0) is 37.5 Å². The minimum absolute atomic E-state index is 0.0394. The number of carbonyl (C=O) groups is 2. The first-order chi connectivity index (χ1) is 10.0. The minimum Gasteiger partial charge on any atom is -0.340 e. The standard InChI is InChI=1S/C16H19BrN2O2/c1-11-5-6-12(9-13(11)17)19-10-14(20)18-16(15(19)21)7-3-2-4-8-16/h5-6,9H,2-4,7-8,10H2,1H3,(H,18,20). The van der Waals surface area contributed by atoms with Gasteiger partial charge >= 0.3 is 0 Å². The zero-order valence-electron chi connectivity index (χ0n) is 12.1. The van der Waals surface area contributed by atoms with E-state index in [1.165, 1.54) is 0 Å². The molecule has 1 aromatic rings. The van der Waals surface area contributed by atoms with Gasteiger partial charge in [0.05, 0.1) is 0 Å². The van der Waals surface area contributed by atoms with Crippen molar-refractivity contribution >= 4 is 33.4 Å². The maximum Gasteiger partial charge on any atom is 0.253 e. The summed E-state index contributed by atoms with van der Waals surface area (Å²) in [6.07, 6.45) is 4.64. The quantitative estimate of drug-likeness (QED) is 0.846. The van der Waals surface area contributed by atoms with E-state index in [1.807, 2.05) is 25.1 Å². The lowest BCUT2D eigenvalue weighted by Crippen LogP contribution is -2.67. The molecule has 2 aliphatic rings. The molecule has 4 nitrogen and oxygen atoms in total. The molecular formula is C16H19BrN2O2. The highest BCUT2D eigenvalue weighted by molar-refractivity contribution is 9.10. The van der Waals surface area contributed by atoms with E-state index >= 15 is 0 Å². The second-order valence-corrected chi connectivity index (χ2v) is 6.87. The molecule has 2 amide bonds. The fraction of sp³-hybridized carbons (Fsp3) is 0.500. The number of benzene rings is 1. The summed E-state index contributed by atoms with van der Waals surface area (Å²) in [6.45, 7) is 2.11. The number of aryl methyl sites for hydroxylation is 1. The predicted molar refractivity (Wildman–Crippen MR) is 85.2 cm³/mol. The molecule has 0 atom stereocenters. The van der Waals surface area contributed by atoms with Crippen LogP contribution >= 0.6 is 15.9 Å². The van der Waals surface area contributed by atoms with Crippen LogP contribution in [0.1, 0.15) is 37.7 Å². The number of amides is 2. The van der Waals surface area contributed by atoms with Crippen molar-refractivity contribution < 1.29 is 9.59 Å². The Morgan fingerprint density at radius 2 is 1.90 bits per heavy atom. The number of nitrogens with zero attached hydrogens (tertiary/aromatic N) is 1. The Labute approximate surface area is 133 Å². The molecule has 0 unspecified atom stereocenters. The summed E-state index contributed by atoms with van der Waals surface area (Å²) in [5, 5.41) is 2.97. The molecule has 5 heteroatoms. The van der Waals surface area contributed by atoms with Gasteiger partial charge in [0, 0.05) is 10.2 Å². The molecule has 1 aromatic carbocycles. The predicted octanol–water partition coefficient (Wildman–Crippen LogP) is 2.92. The van der Waals surface area contributed by atoms with Gasteiger partial charge < -0.3 is 10.2 Å². The van der Waals surface area contributed by atoms with Gasteiger partial charge in [-0.1, -0.05) is 41.3 Å². The van der Waals surface area contributed by atoms with Crippen molar-refractivity contribution in [3.8, 4) is 0 Å². The monoisotopic (exact) mass is 350 g/mol. The molecule has 112 valence electrons. The van der Waals surface area contributed by atoms with E-state index < -0.39 is 5.54 Å². The van der Waals surface area contributed by atoms with Gasteiger partial charge in [0.25, 0.3) is 5.91 Å². The molecule has 0 radical (unpaired) electrons. The normalized spacial score (nSPS) is 21.5. The number of hydrogen-bond acceptors (Lipinski definition) is 2. The van der Waals surface area contributed by atoms with E-state index in [2.05, 4.69) is 21.2 Å². The lowest BCUT2D eigenvalue weighted by molar-refractivity contribution is -0.137. The summed E-state index contributed by atoms with van der Waals surface area (Å²) in [5.74, 6) is -0.0225. The van der Waals surface area contributed by atoms with E-state index in [4.69, 9.17) is 0 Å². The topological polar surface area (TPSA) is 49.4 Å². The molecule has 1 heterocycles. The van der Waals surface area contributed by atoms with E-state index in [0.717, 1.165) is 47.8 Å². The number of nitrogens with one attached hydrogen (secondary N) is 1. The number of anilines is 1. The first-order valence-electron chi connectivity index (χ1n) is 7.41. The van der Waals surface area contributed by atoms with Crippen molar-refractivity contribution in [2.45, 2.75) is 44.6 Å². The van der Waals surface area contributed by atoms with Crippen LogP contribution in [0.5, 0.6) is 0 Å². The van der Waals surface area contributed by atoms with Crippen LogP contribution < -0.4 is 10.2 Å². The number of piperazine rings is 1. The third-order valence-electron chi connectivity index (χ3n) is 4.51. The van der Waals surface area contributed by atoms with Crippen LogP contribution in [-0.2, 0) is 9.59 Å². The van der Waals surface area contributed by atoms with Crippen LogP contribution in [0.4, 0.5) is 5.69 Å². The fourth-order valence-corrected chi connectivity index (χ4v) is 3.65. The van der Waals surface area contributed by atoms with Crippen LogP contribution in [0.15, 0.2) is 22.7 Å². The summed E-state index contributed by atoms with van der Waals surface area (Å²) >= 11 is 3.50. The second-order valence-electron chi connectivity index (χ2n) is 6.02. The third-order valence-corrected chi connectivity index (χ3v) is 5.36. The van der Waals surface area contributed by atoms with Crippen molar-refractivity contribution in [1.82, 2.24) is 5.32 Å². The Morgan fingerprint density at radius 1 is 1.19 bits per heavy atom. The number of hydrogen-bond donors (Lipinski definition) is 1. The smallest absolute Gasteiger partial charge is 0.253 e. The summed E-state index contributed by atoms with van der Waals surface area (Å²) in [4.78, 5) is 26.7. The molecule has 2 fully saturated rings. The molecule has 0 aromatic heterocycles. The van der Waals surface area contributed by atoms with E-state index in [1.54, 1.807) is 4.90 Å². The molecule has 1 N–H and O–H groups in total. The molecule has 21 heavy (non-hydrogen) atoms. The van der Waals surface area contributed by atoms with Gasteiger partial charge in [0.15, 0.2) is 0 Å². The molecule has 0 bridgehead atoms. The van der Waals surface area contributed by atoms with Gasteiger partial charge in [-0.25, -0.2) is 0 Å². The highest BCUT2D eigenvalue weighted by Crippen LogP contribution is 2.34. The van der Waals surface area contributed by atoms with Crippen molar-refractivity contribution in [2.24, 2.45) is 0 Å². The summed E-state index contributed by atoms with van der Waals surface area (Å²) in [6, 6.07) is 5.79. The molecule has 1 aliphatic heterocycles. The highest BCUT2D eigenvalue weighted by atomic mass is 79.9. The average Bonchev–Trinajstić information content (AvgIpc) is 2.47. The Kier molecular flexibility index (Phi) is 3.78. The third kappa shape index (κ3) is 2.59. The van der Waals surface area contributed by atoms with Gasteiger partial charge in [0.1, 0.15) is 12.1 Å². The second kappa shape index (κ2) is 5.44. The molecule has 1 spiro atoms. The zero-order chi connectivity index (χ0) is 15.0. The van der Waals surface area contributed by atoms with E-state index in [9.17, 15) is 9.59 Å². The SMILES string of the molecule is Cc1ccc(N2CC(=O)NC3(CCCCC3)C2=O)cc1Br. The Bertz CT molecular complexity index is 594. The molecular weight excluding hydrogens is 332 g/mol. The first kappa shape index (κ1) is 14.6. The van der Waals surface area contributed by atoms with E-state index in [0.29, 0.717) is 0 Å². The molecule has 3 rings (SSSR count). The Morgan fingerprint density at radius 3 is 2.57 bits per heavy atom. The first-order valence-corrected chi connectivity index (χ1v) is 8.20. The molecule has 1 aliphatic carbocycles. The highest BCUT2D eigenvalue weighted by Gasteiger charge is 2.47. The summed E-state index contributed by atoms with van der Waals surface area (Å²) < 4.78 is 0.955. The number of carbonyl (C=O) groups excluding carboxylic acids is 2. The van der Waals surface area contributed by atoms with Crippen LogP contribution in [0.3, 0.4) is 0 Å². The number of rotatable bonds is 1. The van der Waals surface area contributed by atoms with Crippen LogP contribution in [0.25, 0.3) is 0 Å². The van der Waals surface area contributed by atoms with Gasteiger partial charge in [0.2, 0.25) is 5.91 Å². The van der Waals surface area contributed by atoms with Crippen molar-refractivity contribution in [3.63, 3.8) is 0 Å². The van der Waals surface area contributed by atoms with Crippen LogP contribution in [0, 0.1) is 6.92 Å². The molecule has 1 saturated heterocycles. The average molecular weight is 351 g/mol. The summed E-state index contributed by atoms with van der Waals surface area (Å²) in [5.41, 5.74) is 1.22. The van der Waals surface area contributed by atoms with Gasteiger partial charge in [-0.15, -0.1) is 0 Å². The fourth-order valence-electron chi connectivity index (χ4n) is 3.29. The Balaban J connectivity index is 1.95.